The third kappa shape index (κ3) is 3.26. The van der Waals surface area contributed by atoms with Crippen LogP contribution in [0.3, 0.4) is 0 Å². The predicted octanol–water partition coefficient (Wildman–Crippen LogP) is -1.25. The van der Waals surface area contributed by atoms with Crippen LogP contribution >= 0.6 is 6.72 Å². The first-order valence-electron chi connectivity index (χ1n) is 6.58. The number of aliphatic hydroxyl groups is 1. The van der Waals surface area contributed by atoms with Gasteiger partial charge in [0.15, 0.2) is 23.8 Å². The molecule has 0 amide bonds. The number of nitrogens with two attached hydrogens (primary N) is 1. The maximum Gasteiger partial charge on any atom is 0.321 e. The summed E-state index contributed by atoms with van der Waals surface area (Å²) in [6, 6.07) is 0. The van der Waals surface area contributed by atoms with Crippen molar-refractivity contribution in [3.8, 4) is 0 Å². The van der Waals surface area contributed by atoms with E-state index in [2.05, 4.69) is 31.6 Å². The number of anilines is 1. The van der Waals surface area contributed by atoms with Crippen LogP contribution in [-0.2, 0) is 26.0 Å². The number of hydrogen-bond donors (Lipinski definition) is 5. The highest BCUT2D eigenvalue weighted by molar-refractivity contribution is 8.06. The van der Waals surface area contributed by atoms with E-state index in [-0.39, 0.29) is 5.82 Å². The van der Waals surface area contributed by atoms with Crippen LogP contribution in [0.1, 0.15) is 6.23 Å². The van der Waals surface area contributed by atoms with Crippen molar-refractivity contribution in [1.29, 1.82) is 0 Å². The maximum absolute atomic E-state index is 10.2. The topological polar surface area (TPSA) is 178 Å². The summed E-state index contributed by atoms with van der Waals surface area (Å²) in [5.41, 5.74) is 6.32. The molecule has 0 aromatic carbocycles. The van der Waals surface area contributed by atoms with Crippen molar-refractivity contribution in [2.75, 3.05) is 12.3 Å². The molecule has 24 heavy (non-hydrogen) atoms. The van der Waals surface area contributed by atoms with Gasteiger partial charge in [-0.2, -0.15) is 0 Å². The van der Waals surface area contributed by atoms with Gasteiger partial charge in [0, 0.05) is 0 Å². The number of aliphatic hydroxyl groups excluding tert-OH is 1. The summed E-state index contributed by atoms with van der Waals surface area (Å²) >= 11 is 4.34. The molecule has 132 valence electrons. The molecule has 2 aromatic rings. The quantitative estimate of drug-likeness (QED) is 0.237. The molecule has 0 aliphatic carbocycles. The summed E-state index contributed by atoms with van der Waals surface area (Å²) in [6.07, 6.45) is -2.03. The predicted molar refractivity (Wildman–Crippen MR) is 81.8 cm³/mol. The smallest absolute Gasteiger partial charge is 0.321 e. The average Bonchev–Trinajstić information content (AvgIpc) is 3.06. The molecular formula is C10H14N5O7PS. The summed E-state index contributed by atoms with van der Waals surface area (Å²) < 4.78 is 11.7. The Kier molecular flexibility index (Phi) is 4.79. The normalized spacial score (nSPS) is 27.8. The lowest BCUT2D eigenvalue weighted by Crippen LogP contribution is -2.35. The number of nitrogen functional groups attached to an aromatic ring is 1. The van der Waals surface area contributed by atoms with Gasteiger partial charge in [0.2, 0.25) is 0 Å². The molecule has 1 aliphatic heterocycles. The molecule has 0 radical (unpaired) electrons. The molecule has 3 heterocycles. The molecular weight excluding hydrogens is 365 g/mol. The number of imidazole rings is 1. The number of hydrogen-bond acceptors (Lipinski definition) is 10. The monoisotopic (exact) mass is 379 g/mol. The van der Waals surface area contributed by atoms with Gasteiger partial charge < -0.3 is 29.9 Å². The van der Waals surface area contributed by atoms with E-state index < -0.39 is 37.9 Å². The fourth-order valence-electron chi connectivity index (χ4n) is 2.42. The third-order valence-corrected chi connectivity index (χ3v) is 4.30. The van der Waals surface area contributed by atoms with Crippen molar-refractivity contribution in [3.63, 3.8) is 0 Å². The zero-order valence-corrected chi connectivity index (χ0v) is 13.6. The minimum absolute atomic E-state index is 0.153. The van der Waals surface area contributed by atoms with Crippen LogP contribution in [0.25, 0.3) is 11.2 Å². The van der Waals surface area contributed by atoms with Gasteiger partial charge in [-0.25, -0.2) is 19.8 Å². The summed E-state index contributed by atoms with van der Waals surface area (Å²) in [6.45, 7) is -4.33. The Balaban J connectivity index is 1.89. The van der Waals surface area contributed by atoms with Crippen LogP contribution in [0.5, 0.6) is 0 Å². The van der Waals surface area contributed by atoms with Crippen LogP contribution in [-0.4, -0.2) is 64.6 Å². The lowest BCUT2D eigenvalue weighted by molar-refractivity contribution is -0.305. The van der Waals surface area contributed by atoms with Gasteiger partial charge in [-0.3, -0.25) is 9.82 Å². The second kappa shape index (κ2) is 6.55. The van der Waals surface area contributed by atoms with E-state index >= 15 is 0 Å². The largest absolute Gasteiger partial charge is 0.387 e. The number of nitrogens with zero attached hydrogens (tertiary/aromatic N) is 4. The van der Waals surface area contributed by atoms with Crippen LogP contribution in [0.2, 0.25) is 0 Å². The van der Waals surface area contributed by atoms with Crippen LogP contribution in [0.15, 0.2) is 12.7 Å². The zero-order valence-electron chi connectivity index (χ0n) is 11.9. The van der Waals surface area contributed by atoms with Crippen LogP contribution < -0.4 is 5.73 Å². The first-order valence-corrected chi connectivity index (χ1v) is 9.21. The Morgan fingerprint density at radius 3 is 2.79 bits per heavy atom. The second-order valence-electron chi connectivity index (χ2n) is 5.00. The highest BCUT2D eigenvalue weighted by Gasteiger charge is 2.47. The van der Waals surface area contributed by atoms with Crippen LogP contribution in [0, 0.1) is 0 Å². The number of rotatable bonds is 5. The van der Waals surface area contributed by atoms with Crippen molar-refractivity contribution in [2.24, 2.45) is 0 Å². The number of fused-ring (bicyclic) bond motifs is 1. The van der Waals surface area contributed by atoms with E-state index in [4.69, 9.17) is 30.0 Å². The van der Waals surface area contributed by atoms with E-state index in [0.29, 0.717) is 11.2 Å². The molecule has 0 bridgehead atoms. The average molecular weight is 379 g/mol. The molecule has 12 nitrogen and oxygen atoms in total. The highest BCUT2D eigenvalue weighted by Crippen LogP contribution is 2.39. The second-order valence-corrected chi connectivity index (χ2v) is 7.66. The van der Waals surface area contributed by atoms with Gasteiger partial charge in [-0.15, -0.1) is 0 Å². The highest BCUT2D eigenvalue weighted by atomic mass is 32.5. The first kappa shape index (κ1) is 17.5. The molecule has 4 atom stereocenters. The fourth-order valence-corrected chi connectivity index (χ4v) is 2.94. The number of aromatic nitrogens is 4. The molecule has 1 saturated heterocycles. The molecule has 4 unspecified atom stereocenters. The minimum Gasteiger partial charge on any atom is -0.387 e. The van der Waals surface area contributed by atoms with Gasteiger partial charge >= 0.3 is 6.72 Å². The van der Waals surface area contributed by atoms with E-state index in [9.17, 15) is 5.11 Å². The lowest BCUT2D eigenvalue weighted by Gasteiger charge is -2.18. The first-order chi connectivity index (χ1) is 11.3. The van der Waals surface area contributed by atoms with Crippen molar-refractivity contribution in [1.82, 2.24) is 19.5 Å². The van der Waals surface area contributed by atoms with E-state index in [1.54, 1.807) is 0 Å². The maximum atomic E-state index is 10.2. The summed E-state index contributed by atoms with van der Waals surface area (Å²) in [5.74, 6) is 0.153. The molecule has 0 saturated carbocycles. The van der Waals surface area contributed by atoms with Crippen molar-refractivity contribution in [2.45, 2.75) is 24.5 Å². The van der Waals surface area contributed by atoms with Gasteiger partial charge in [0.1, 0.15) is 24.1 Å². The molecule has 6 N–H and O–H groups in total. The third-order valence-electron chi connectivity index (χ3n) is 3.50. The standard InChI is InChI=1S/C10H14N5O7PS/c11-8-5-9(13-2-12-8)15(3-14-5)10-7(22-17)6(16)4(21-10)1-20-23(18,19)24/h2-4,6-7,10,16-17H,1H2,(H2,11,12,13)(H2,18,19,24). The van der Waals surface area contributed by atoms with E-state index in [1.165, 1.54) is 17.2 Å². The molecule has 0 spiro atoms. The summed E-state index contributed by atoms with van der Waals surface area (Å²) in [7, 11) is 0. The van der Waals surface area contributed by atoms with Gasteiger partial charge in [0.05, 0.1) is 12.9 Å². The van der Waals surface area contributed by atoms with Gasteiger partial charge in [0.25, 0.3) is 0 Å². The Labute approximate surface area is 139 Å². The summed E-state index contributed by atoms with van der Waals surface area (Å²) in [4.78, 5) is 34.4. The molecule has 1 aliphatic rings. The van der Waals surface area contributed by atoms with Crippen molar-refractivity contribution in [3.05, 3.63) is 12.7 Å². The Morgan fingerprint density at radius 1 is 1.38 bits per heavy atom. The molecule has 14 heteroatoms. The SMILES string of the molecule is Nc1ncnc2c1ncn2C1OC(COP(O)(O)=S)C(O)C1OO. The zero-order chi connectivity index (χ0) is 17.5. The van der Waals surface area contributed by atoms with Crippen molar-refractivity contribution >= 4 is 35.5 Å². The fraction of sp³-hybridized carbons (Fsp3) is 0.500. The Bertz CT molecular complexity index is 784. The van der Waals surface area contributed by atoms with Gasteiger partial charge in [-0.05, 0) is 11.8 Å². The Morgan fingerprint density at radius 2 is 2.12 bits per heavy atom. The van der Waals surface area contributed by atoms with Gasteiger partial charge in [-0.1, -0.05) is 0 Å². The summed E-state index contributed by atoms with van der Waals surface area (Å²) in [5, 5.41) is 19.3. The molecule has 2 aromatic heterocycles. The lowest BCUT2D eigenvalue weighted by atomic mass is 10.1. The Hall–Kier alpha value is -1.28. The minimum atomic E-state index is -3.92. The molecule has 3 rings (SSSR count). The van der Waals surface area contributed by atoms with E-state index in [0.717, 1.165) is 0 Å². The molecule has 1 fully saturated rings. The number of ether oxygens (including phenoxy) is 1. The van der Waals surface area contributed by atoms with Crippen molar-refractivity contribution < 1.29 is 34.3 Å². The van der Waals surface area contributed by atoms with Crippen LogP contribution in [0.4, 0.5) is 5.82 Å². The van der Waals surface area contributed by atoms with E-state index in [1.807, 2.05) is 0 Å².